The largest absolute Gasteiger partial charge is 0.385 e. The van der Waals surface area contributed by atoms with Crippen LogP contribution in [0.15, 0.2) is 9.95 Å². The molecule has 30 heavy (non-hydrogen) atoms. The predicted octanol–water partition coefficient (Wildman–Crippen LogP) is 3.77. The molecule has 2 atom stereocenters. The highest BCUT2D eigenvalue weighted by Crippen LogP contribution is 2.35. The van der Waals surface area contributed by atoms with Crippen molar-refractivity contribution in [2.75, 3.05) is 19.5 Å². The second-order valence-electron chi connectivity index (χ2n) is 8.46. The lowest BCUT2D eigenvalue weighted by Crippen LogP contribution is -2.42. The van der Waals surface area contributed by atoms with Crippen LogP contribution in [0.4, 0.5) is 0 Å². The van der Waals surface area contributed by atoms with Crippen LogP contribution in [0.25, 0.3) is 10.2 Å². The number of aryl methyl sites for hydroxylation is 2. The number of fused-ring (bicyclic) bond motifs is 3. The topological polar surface area (TPSA) is 73.2 Å². The van der Waals surface area contributed by atoms with Crippen molar-refractivity contribution in [3.05, 3.63) is 20.8 Å². The van der Waals surface area contributed by atoms with Crippen LogP contribution < -0.4 is 10.9 Å². The Morgan fingerprint density at radius 2 is 2.13 bits per heavy atom. The van der Waals surface area contributed by atoms with Crippen molar-refractivity contribution in [1.29, 1.82) is 0 Å². The van der Waals surface area contributed by atoms with Crippen LogP contribution in [0.5, 0.6) is 0 Å². The number of carbonyl (C=O) groups is 1. The predicted molar refractivity (Wildman–Crippen MR) is 123 cm³/mol. The Hall–Kier alpha value is -1.38. The van der Waals surface area contributed by atoms with Crippen molar-refractivity contribution >= 4 is 39.2 Å². The maximum Gasteiger partial charge on any atom is 0.263 e. The molecular weight excluding hydrogens is 418 g/mol. The summed E-state index contributed by atoms with van der Waals surface area (Å²) < 4.78 is 6.94. The molecule has 0 saturated heterocycles. The van der Waals surface area contributed by atoms with Crippen LogP contribution in [0.2, 0.25) is 0 Å². The lowest BCUT2D eigenvalue weighted by Gasteiger charge is -2.29. The Bertz CT molecular complexity index is 969. The third-order valence-corrected chi connectivity index (χ3v) is 8.47. The summed E-state index contributed by atoms with van der Waals surface area (Å²) in [7, 11) is 1.67. The van der Waals surface area contributed by atoms with Gasteiger partial charge in [0.1, 0.15) is 4.83 Å². The molecule has 0 bridgehead atoms. The van der Waals surface area contributed by atoms with Crippen molar-refractivity contribution in [2.24, 2.45) is 5.92 Å². The maximum absolute atomic E-state index is 13.3. The van der Waals surface area contributed by atoms with Crippen molar-refractivity contribution in [2.45, 2.75) is 76.0 Å². The summed E-state index contributed by atoms with van der Waals surface area (Å²) in [5, 5.41) is 4.65. The number of methoxy groups -OCH3 is 1. The van der Waals surface area contributed by atoms with Crippen LogP contribution in [0.3, 0.4) is 0 Å². The zero-order valence-electron chi connectivity index (χ0n) is 17.9. The van der Waals surface area contributed by atoms with E-state index in [1.807, 2.05) is 0 Å². The van der Waals surface area contributed by atoms with Crippen LogP contribution in [0.1, 0.15) is 55.9 Å². The molecule has 6 nitrogen and oxygen atoms in total. The molecule has 2 aromatic rings. The van der Waals surface area contributed by atoms with Gasteiger partial charge in [0.05, 0.1) is 11.1 Å². The Morgan fingerprint density at radius 3 is 2.93 bits per heavy atom. The lowest BCUT2D eigenvalue weighted by molar-refractivity contribution is -0.119. The van der Waals surface area contributed by atoms with Crippen LogP contribution in [-0.2, 0) is 28.9 Å². The molecule has 1 amide bonds. The van der Waals surface area contributed by atoms with Gasteiger partial charge in [-0.15, -0.1) is 11.3 Å². The molecule has 1 fully saturated rings. The van der Waals surface area contributed by atoms with Gasteiger partial charge in [0.2, 0.25) is 5.91 Å². The standard InChI is InChI=1S/C22H31N3O3S2/c1-14-7-3-4-9-16(14)23-18(26)13-29-22-24-20-19(15-8-5-10-17(15)30-20)21(27)25(22)11-6-12-28-2/h14,16H,3-13H2,1-2H3,(H,23,26)/t14-,16-/m0/s1. The van der Waals surface area contributed by atoms with Crippen LogP contribution >= 0.6 is 23.1 Å². The molecule has 1 N–H and O–H groups in total. The molecule has 2 aliphatic rings. The van der Waals surface area contributed by atoms with E-state index in [4.69, 9.17) is 9.72 Å². The third kappa shape index (κ3) is 4.60. The smallest absolute Gasteiger partial charge is 0.263 e. The fraction of sp³-hybridized carbons (Fsp3) is 0.682. The molecule has 0 aromatic carbocycles. The van der Waals surface area contributed by atoms with E-state index in [-0.39, 0.29) is 23.3 Å². The zero-order chi connectivity index (χ0) is 21.1. The molecule has 0 aliphatic heterocycles. The average Bonchev–Trinajstić information content (AvgIpc) is 3.31. The Labute approximate surface area is 185 Å². The van der Waals surface area contributed by atoms with E-state index >= 15 is 0 Å². The summed E-state index contributed by atoms with van der Waals surface area (Å²) in [6, 6.07) is 0.270. The summed E-state index contributed by atoms with van der Waals surface area (Å²) in [6.45, 7) is 3.37. The minimum absolute atomic E-state index is 0.0326. The van der Waals surface area contributed by atoms with E-state index in [1.165, 1.54) is 41.5 Å². The quantitative estimate of drug-likeness (QED) is 0.377. The molecule has 8 heteroatoms. The van der Waals surface area contributed by atoms with E-state index in [2.05, 4.69) is 12.2 Å². The van der Waals surface area contributed by atoms with Gasteiger partial charge in [-0.05, 0) is 50.0 Å². The van der Waals surface area contributed by atoms with Crippen molar-refractivity contribution in [3.63, 3.8) is 0 Å². The number of ether oxygens (including phenoxy) is 1. The number of hydrogen-bond donors (Lipinski definition) is 1. The molecule has 1 saturated carbocycles. The number of carbonyl (C=O) groups excluding carboxylic acids is 1. The Morgan fingerprint density at radius 1 is 1.30 bits per heavy atom. The van der Waals surface area contributed by atoms with Gasteiger partial charge in [-0.1, -0.05) is 31.5 Å². The molecule has 2 aliphatic carbocycles. The van der Waals surface area contributed by atoms with Gasteiger partial charge in [-0.25, -0.2) is 4.98 Å². The molecule has 0 spiro atoms. The fourth-order valence-corrected chi connectivity index (χ4v) is 6.78. The van der Waals surface area contributed by atoms with Gasteiger partial charge in [-0.2, -0.15) is 0 Å². The summed E-state index contributed by atoms with van der Waals surface area (Å²) in [5.41, 5.74) is 1.24. The number of rotatable bonds is 8. The maximum atomic E-state index is 13.3. The molecule has 4 rings (SSSR count). The van der Waals surface area contributed by atoms with Crippen LogP contribution in [-0.4, -0.2) is 41.0 Å². The number of nitrogens with one attached hydrogen (secondary N) is 1. The van der Waals surface area contributed by atoms with Gasteiger partial charge in [0.25, 0.3) is 5.56 Å². The Balaban J connectivity index is 1.53. The molecule has 0 radical (unpaired) electrons. The first-order valence-electron chi connectivity index (χ1n) is 11.0. The van der Waals surface area contributed by atoms with E-state index in [0.717, 1.165) is 42.3 Å². The van der Waals surface area contributed by atoms with E-state index < -0.39 is 0 Å². The second kappa shape index (κ2) is 9.83. The SMILES string of the molecule is COCCCn1c(SCC(=O)N[C@H]2CCCC[C@@H]2C)nc2sc3c(c2c1=O)CCC3. The fourth-order valence-electron chi connectivity index (χ4n) is 4.64. The first-order chi connectivity index (χ1) is 14.6. The van der Waals surface area contributed by atoms with E-state index in [0.29, 0.717) is 24.2 Å². The summed E-state index contributed by atoms with van der Waals surface area (Å²) >= 11 is 3.03. The van der Waals surface area contributed by atoms with Gasteiger partial charge in [0, 0.05) is 31.2 Å². The highest BCUT2D eigenvalue weighted by molar-refractivity contribution is 7.99. The number of thioether (sulfide) groups is 1. The van der Waals surface area contributed by atoms with E-state index in [1.54, 1.807) is 23.0 Å². The first-order valence-corrected chi connectivity index (χ1v) is 12.8. The Kier molecular flexibility index (Phi) is 7.16. The number of thiophene rings is 1. The molecule has 2 heterocycles. The van der Waals surface area contributed by atoms with E-state index in [9.17, 15) is 9.59 Å². The minimum atomic E-state index is 0.0326. The number of aromatic nitrogens is 2. The molecular formula is C22H31N3O3S2. The summed E-state index contributed by atoms with van der Waals surface area (Å²) in [5.74, 6) is 0.851. The highest BCUT2D eigenvalue weighted by Gasteiger charge is 2.25. The summed E-state index contributed by atoms with van der Waals surface area (Å²) in [6.07, 6.45) is 8.56. The third-order valence-electron chi connectivity index (χ3n) is 6.31. The van der Waals surface area contributed by atoms with Crippen molar-refractivity contribution in [3.8, 4) is 0 Å². The van der Waals surface area contributed by atoms with Crippen molar-refractivity contribution in [1.82, 2.24) is 14.9 Å². The van der Waals surface area contributed by atoms with Gasteiger partial charge in [-0.3, -0.25) is 14.2 Å². The normalized spacial score (nSPS) is 21.1. The molecule has 164 valence electrons. The highest BCUT2D eigenvalue weighted by atomic mass is 32.2. The zero-order valence-corrected chi connectivity index (χ0v) is 19.5. The average molecular weight is 450 g/mol. The van der Waals surface area contributed by atoms with Crippen molar-refractivity contribution < 1.29 is 9.53 Å². The molecule has 0 unspecified atom stereocenters. The lowest BCUT2D eigenvalue weighted by atomic mass is 9.86. The van der Waals surface area contributed by atoms with Gasteiger partial charge < -0.3 is 10.1 Å². The second-order valence-corrected chi connectivity index (χ2v) is 10.5. The first kappa shape index (κ1) is 21.8. The number of nitrogens with zero attached hydrogens (tertiary/aromatic N) is 2. The van der Waals surface area contributed by atoms with Gasteiger partial charge in [0.15, 0.2) is 5.16 Å². The molecule has 2 aromatic heterocycles. The monoisotopic (exact) mass is 449 g/mol. The summed E-state index contributed by atoms with van der Waals surface area (Å²) in [4.78, 5) is 32.9. The van der Waals surface area contributed by atoms with Gasteiger partial charge >= 0.3 is 0 Å². The number of hydrogen-bond acceptors (Lipinski definition) is 6. The number of amides is 1. The van der Waals surface area contributed by atoms with Crippen LogP contribution in [0, 0.1) is 5.92 Å². The minimum Gasteiger partial charge on any atom is -0.385 e.